The Bertz CT molecular complexity index is 61.5. The van der Waals surface area contributed by atoms with Crippen LogP contribution in [-0.2, 0) is 0 Å². The molecule has 49 valence electrons. The van der Waals surface area contributed by atoms with Gasteiger partial charge in [0.2, 0.25) is 0 Å². The summed E-state index contributed by atoms with van der Waals surface area (Å²) in [5, 5.41) is 8.66. The Kier molecular flexibility index (Phi) is 3.32. The van der Waals surface area contributed by atoms with Gasteiger partial charge in [0.25, 0.3) is 0 Å². The minimum Gasteiger partial charge on any atom is -0.394 e. The largest absolute Gasteiger partial charge is 0.394 e. The van der Waals surface area contributed by atoms with Crippen molar-refractivity contribution in [2.75, 3.05) is 0 Å². The van der Waals surface area contributed by atoms with Crippen molar-refractivity contribution in [1.29, 1.82) is 0 Å². The molecule has 0 saturated heterocycles. The molecule has 0 aromatic rings. The molecule has 0 heterocycles. The van der Waals surface area contributed by atoms with E-state index in [1.807, 2.05) is 0 Å². The Hall–Kier alpha value is 0.177. The van der Waals surface area contributed by atoms with E-state index in [2.05, 4.69) is 20.0 Å². The predicted octanol–water partition coefficient (Wildman–Crippen LogP) is 2.18. The van der Waals surface area contributed by atoms with Crippen LogP contribution in [-0.4, -0.2) is 13.2 Å². The highest BCUT2D eigenvalue weighted by molar-refractivity contribution is 6.80. The molecule has 0 amide bonds. The van der Waals surface area contributed by atoms with E-state index >= 15 is 0 Å². The summed E-state index contributed by atoms with van der Waals surface area (Å²) in [5.41, 5.74) is 0. The molecule has 0 aromatic heterocycles. The van der Waals surface area contributed by atoms with Gasteiger partial charge in [0.1, 0.15) is 0 Å². The van der Waals surface area contributed by atoms with Crippen LogP contribution >= 0.6 is 0 Å². The summed E-state index contributed by atoms with van der Waals surface area (Å²) in [6.45, 7) is 6.48. The molecular weight excluding hydrogens is 116 g/mol. The summed E-state index contributed by atoms with van der Waals surface area (Å²) in [6.07, 6.45) is 2.60. The lowest BCUT2D eigenvalue weighted by Crippen LogP contribution is -2.25. The summed E-state index contributed by atoms with van der Waals surface area (Å²) >= 11 is 0. The van der Waals surface area contributed by atoms with Crippen LogP contribution in [0.1, 0.15) is 13.3 Å². The first kappa shape index (κ1) is 8.18. The first-order chi connectivity index (χ1) is 3.62. The minimum absolute atomic E-state index is 1.19. The fourth-order valence-electron chi connectivity index (χ4n) is 0.709. The van der Waals surface area contributed by atoms with Gasteiger partial charge in [-0.05, 0) is 0 Å². The van der Waals surface area contributed by atoms with Crippen molar-refractivity contribution in [1.82, 2.24) is 0 Å². The molecule has 2 heteroatoms. The van der Waals surface area contributed by atoms with Crippen molar-refractivity contribution in [2.45, 2.75) is 32.5 Å². The van der Waals surface area contributed by atoms with Crippen LogP contribution in [0.3, 0.4) is 0 Å². The van der Waals surface area contributed by atoms with Gasteiger partial charge >= 0.3 is 0 Å². The van der Waals surface area contributed by atoms with Crippen molar-refractivity contribution in [2.24, 2.45) is 0 Å². The van der Waals surface area contributed by atoms with Crippen LogP contribution in [0.4, 0.5) is 0 Å². The van der Waals surface area contributed by atoms with E-state index in [0.29, 0.717) is 0 Å². The highest BCUT2D eigenvalue weighted by atomic mass is 28.3. The maximum Gasteiger partial charge on any atom is 0.0841 e. The molecule has 0 saturated carbocycles. The molecule has 1 N–H and O–H groups in total. The van der Waals surface area contributed by atoms with Crippen molar-refractivity contribution in [3.63, 3.8) is 0 Å². The van der Waals surface area contributed by atoms with Gasteiger partial charge in [-0.15, -0.1) is 0 Å². The molecule has 0 rings (SSSR count). The first-order valence-corrected chi connectivity index (χ1v) is 6.39. The average Bonchev–Trinajstić information content (AvgIpc) is 1.67. The van der Waals surface area contributed by atoms with E-state index < -0.39 is 8.07 Å². The molecule has 0 spiro atoms. The van der Waals surface area contributed by atoms with E-state index in [9.17, 15) is 0 Å². The molecule has 0 unspecified atom stereocenters. The molecule has 0 bridgehead atoms. The van der Waals surface area contributed by atoms with Gasteiger partial charge in [-0.1, -0.05) is 32.5 Å². The molecule has 1 radical (unpaired) electrons. The zero-order valence-corrected chi connectivity index (χ0v) is 6.94. The third kappa shape index (κ3) is 3.21. The average molecular weight is 131 g/mol. The van der Waals surface area contributed by atoms with E-state index in [1.165, 1.54) is 18.7 Å². The molecule has 0 atom stereocenters. The first-order valence-electron chi connectivity index (χ1n) is 3.11. The Balaban J connectivity index is 3.37. The fourth-order valence-corrected chi connectivity index (χ4v) is 2.13. The zero-order chi connectivity index (χ0) is 6.62. The smallest absolute Gasteiger partial charge is 0.0841 e. The Labute approximate surface area is 52.7 Å². The number of aliphatic hydroxyl groups is 1. The second-order valence-electron chi connectivity index (χ2n) is 2.87. The minimum atomic E-state index is -1.25. The summed E-state index contributed by atoms with van der Waals surface area (Å²) in [7, 11) is -1.25. The Morgan fingerprint density at radius 1 is 1.50 bits per heavy atom. The molecule has 0 aliphatic carbocycles. The standard InChI is InChI=1S/C6H15OSi/c1-4-5-8(2,3)6-7/h6-7H,4-5H2,1-3H3. The third-order valence-corrected chi connectivity index (χ3v) is 3.73. The maximum atomic E-state index is 8.66. The van der Waals surface area contributed by atoms with Crippen LogP contribution in [0.15, 0.2) is 0 Å². The van der Waals surface area contributed by atoms with Gasteiger partial charge < -0.3 is 5.11 Å². The van der Waals surface area contributed by atoms with Crippen LogP contribution in [0.5, 0.6) is 0 Å². The molecule has 0 aliphatic heterocycles. The number of rotatable bonds is 3. The summed E-state index contributed by atoms with van der Waals surface area (Å²) in [4.78, 5) is 0. The van der Waals surface area contributed by atoms with Gasteiger partial charge in [-0.3, -0.25) is 0 Å². The van der Waals surface area contributed by atoms with Gasteiger partial charge in [-0.2, -0.15) is 0 Å². The van der Waals surface area contributed by atoms with E-state index in [0.717, 1.165) is 0 Å². The van der Waals surface area contributed by atoms with E-state index in [1.54, 1.807) is 0 Å². The van der Waals surface area contributed by atoms with Crippen LogP contribution in [0.25, 0.3) is 0 Å². The van der Waals surface area contributed by atoms with Crippen molar-refractivity contribution < 1.29 is 5.11 Å². The summed E-state index contributed by atoms with van der Waals surface area (Å²) < 4.78 is 0. The fraction of sp³-hybridized carbons (Fsp3) is 0.833. The van der Waals surface area contributed by atoms with Crippen LogP contribution in [0.2, 0.25) is 19.1 Å². The molecule has 0 aromatic carbocycles. The number of hydrogen-bond acceptors (Lipinski definition) is 1. The SMILES string of the molecule is CCC[Si](C)(C)[CH]O. The van der Waals surface area contributed by atoms with Gasteiger partial charge in [0.05, 0.1) is 14.3 Å². The van der Waals surface area contributed by atoms with Crippen molar-refractivity contribution in [3.8, 4) is 0 Å². The molecule has 0 aliphatic rings. The topological polar surface area (TPSA) is 20.2 Å². The number of hydrogen-bond donors (Lipinski definition) is 1. The van der Waals surface area contributed by atoms with Gasteiger partial charge in [-0.25, -0.2) is 0 Å². The highest BCUT2D eigenvalue weighted by Gasteiger charge is 2.17. The lowest BCUT2D eigenvalue weighted by Gasteiger charge is -2.15. The molecule has 8 heavy (non-hydrogen) atoms. The summed E-state index contributed by atoms with van der Waals surface area (Å²) in [6, 6.07) is 1.20. The zero-order valence-electron chi connectivity index (χ0n) is 5.94. The molecule has 0 fully saturated rings. The molecular formula is C6H15OSi. The number of aliphatic hydroxyl groups excluding tert-OH is 1. The monoisotopic (exact) mass is 131 g/mol. The Morgan fingerprint density at radius 3 is 2.12 bits per heavy atom. The third-order valence-electron chi connectivity index (χ3n) is 1.24. The lowest BCUT2D eigenvalue weighted by atomic mass is 10.6. The highest BCUT2D eigenvalue weighted by Crippen LogP contribution is 2.12. The Morgan fingerprint density at radius 2 is 2.00 bits per heavy atom. The van der Waals surface area contributed by atoms with Crippen molar-refractivity contribution in [3.05, 3.63) is 6.23 Å². The second kappa shape index (κ2) is 3.25. The lowest BCUT2D eigenvalue weighted by molar-refractivity contribution is 0.432. The second-order valence-corrected chi connectivity index (χ2v) is 7.60. The van der Waals surface area contributed by atoms with E-state index in [-0.39, 0.29) is 0 Å². The van der Waals surface area contributed by atoms with Crippen LogP contribution < -0.4 is 0 Å². The van der Waals surface area contributed by atoms with Crippen LogP contribution in [0, 0.1) is 6.23 Å². The maximum absolute atomic E-state index is 8.66. The van der Waals surface area contributed by atoms with E-state index in [4.69, 9.17) is 5.11 Å². The molecule has 1 nitrogen and oxygen atoms in total. The van der Waals surface area contributed by atoms with Crippen molar-refractivity contribution >= 4 is 8.07 Å². The normalized spacial score (nSPS) is 12.0. The van der Waals surface area contributed by atoms with Gasteiger partial charge in [0, 0.05) is 0 Å². The van der Waals surface area contributed by atoms with Gasteiger partial charge in [0.15, 0.2) is 0 Å². The quantitative estimate of drug-likeness (QED) is 0.582. The summed E-state index contributed by atoms with van der Waals surface area (Å²) in [5.74, 6) is 0. The predicted molar refractivity (Wildman–Crippen MR) is 38.8 cm³/mol.